The maximum atomic E-state index is 12.5. The topological polar surface area (TPSA) is 44.4 Å². The van der Waals surface area contributed by atoms with Gasteiger partial charge in [0.1, 0.15) is 0 Å². The number of nitrogens with one attached hydrogen (secondary N) is 2. The summed E-state index contributed by atoms with van der Waals surface area (Å²) in [6.45, 7) is 2.41. The quantitative estimate of drug-likeness (QED) is 0.822. The molecule has 2 unspecified atom stereocenters. The van der Waals surface area contributed by atoms with Gasteiger partial charge in [-0.1, -0.05) is 19.3 Å². The first-order valence-corrected chi connectivity index (χ1v) is 8.45. The normalized spacial score (nSPS) is 33.0. The summed E-state index contributed by atoms with van der Waals surface area (Å²) in [7, 11) is 2.02. The monoisotopic (exact) mass is 279 g/mol. The minimum atomic E-state index is 0.0658. The molecule has 4 heteroatoms. The van der Waals surface area contributed by atoms with Crippen LogP contribution in [0.1, 0.15) is 57.8 Å². The fourth-order valence-corrected chi connectivity index (χ4v) is 4.56. The SMILES string of the molecule is CNC1(CC(=O)NC2CCN3CCCC23)CCCCC1. The second-order valence-corrected chi connectivity index (χ2v) is 6.98. The number of carbonyl (C=O) groups excluding carboxylic acids is 1. The van der Waals surface area contributed by atoms with E-state index in [-0.39, 0.29) is 11.4 Å². The van der Waals surface area contributed by atoms with Gasteiger partial charge in [-0.25, -0.2) is 0 Å². The molecule has 2 aliphatic heterocycles. The molecular formula is C16H29N3O. The first-order chi connectivity index (χ1) is 9.72. The third kappa shape index (κ3) is 2.86. The van der Waals surface area contributed by atoms with Crippen molar-refractivity contribution < 1.29 is 4.79 Å². The molecule has 2 heterocycles. The Morgan fingerprint density at radius 1 is 1.15 bits per heavy atom. The Morgan fingerprint density at radius 3 is 2.70 bits per heavy atom. The van der Waals surface area contributed by atoms with Crippen LogP contribution in [-0.4, -0.2) is 48.6 Å². The van der Waals surface area contributed by atoms with Gasteiger partial charge >= 0.3 is 0 Å². The third-order valence-electron chi connectivity index (χ3n) is 5.79. The van der Waals surface area contributed by atoms with E-state index in [0.717, 1.165) is 19.3 Å². The van der Waals surface area contributed by atoms with Crippen LogP contribution in [0.3, 0.4) is 0 Å². The van der Waals surface area contributed by atoms with Crippen LogP contribution in [0.5, 0.6) is 0 Å². The summed E-state index contributed by atoms with van der Waals surface area (Å²) in [5, 5.41) is 6.78. The van der Waals surface area contributed by atoms with Gasteiger partial charge in [0, 0.05) is 30.6 Å². The fraction of sp³-hybridized carbons (Fsp3) is 0.938. The van der Waals surface area contributed by atoms with Crippen molar-refractivity contribution in [3.63, 3.8) is 0 Å². The van der Waals surface area contributed by atoms with Gasteiger partial charge in [-0.3, -0.25) is 9.69 Å². The molecule has 0 aromatic rings. The van der Waals surface area contributed by atoms with Gasteiger partial charge in [-0.05, 0) is 45.7 Å². The Morgan fingerprint density at radius 2 is 1.95 bits per heavy atom. The number of hydrogen-bond donors (Lipinski definition) is 2. The maximum absolute atomic E-state index is 12.5. The lowest BCUT2D eigenvalue weighted by Gasteiger charge is -2.37. The lowest BCUT2D eigenvalue weighted by Crippen LogP contribution is -2.50. The van der Waals surface area contributed by atoms with Crippen molar-refractivity contribution in [3.05, 3.63) is 0 Å². The van der Waals surface area contributed by atoms with E-state index in [1.54, 1.807) is 0 Å². The average Bonchev–Trinajstić information content (AvgIpc) is 3.05. The van der Waals surface area contributed by atoms with Gasteiger partial charge in [0.05, 0.1) is 0 Å². The number of rotatable bonds is 4. The van der Waals surface area contributed by atoms with E-state index >= 15 is 0 Å². The summed E-state index contributed by atoms with van der Waals surface area (Å²) in [5.41, 5.74) is 0.0658. The molecule has 2 N–H and O–H groups in total. The molecule has 0 aromatic carbocycles. The highest BCUT2D eigenvalue weighted by Gasteiger charge is 2.39. The molecule has 1 aliphatic carbocycles. The zero-order valence-corrected chi connectivity index (χ0v) is 12.8. The molecule has 3 aliphatic rings. The zero-order chi connectivity index (χ0) is 14.0. The van der Waals surface area contributed by atoms with Crippen molar-refractivity contribution in [2.45, 2.75) is 75.4 Å². The Labute approximate surface area is 122 Å². The highest BCUT2D eigenvalue weighted by molar-refractivity contribution is 5.77. The summed E-state index contributed by atoms with van der Waals surface area (Å²) in [6.07, 6.45) is 10.5. The second-order valence-electron chi connectivity index (χ2n) is 6.98. The maximum Gasteiger partial charge on any atom is 0.222 e. The Balaban J connectivity index is 1.54. The van der Waals surface area contributed by atoms with E-state index in [4.69, 9.17) is 0 Å². The molecule has 4 nitrogen and oxygen atoms in total. The molecule has 0 spiro atoms. The minimum absolute atomic E-state index is 0.0658. The van der Waals surface area contributed by atoms with Crippen LogP contribution in [0, 0.1) is 0 Å². The van der Waals surface area contributed by atoms with Gasteiger partial charge in [0.25, 0.3) is 0 Å². The van der Waals surface area contributed by atoms with E-state index in [0.29, 0.717) is 18.5 Å². The van der Waals surface area contributed by atoms with Crippen LogP contribution in [0.25, 0.3) is 0 Å². The van der Waals surface area contributed by atoms with Crippen molar-refractivity contribution in [2.24, 2.45) is 0 Å². The minimum Gasteiger partial charge on any atom is -0.352 e. The molecule has 0 radical (unpaired) electrons. The van der Waals surface area contributed by atoms with Crippen LogP contribution in [0.15, 0.2) is 0 Å². The smallest absolute Gasteiger partial charge is 0.222 e. The lowest BCUT2D eigenvalue weighted by atomic mass is 9.79. The number of amides is 1. The first kappa shape index (κ1) is 14.3. The molecular weight excluding hydrogens is 250 g/mol. The van der Waals surface area contributed by atoms with Crippen molar-refractivity contribution in [2.75, 3.05) is 20.1 Å². The third-order valence-corrected chi connectivity index (χ3v) is 5.79. The number of nitrogens with zero attached hydrogens (tertiary/aromatic N) is 1. The summed E-state index contributed by atoms with van der Waals surface area (Å²) in [4.78, 5) is 15.0. The van der Waals surface area contributed by atoms with E-state index in [9.17, 15) is 4.79 Å². The standard InChI is InChI=1S/C16H29N3O/c1-17-16(8-3-2-4-9-16)12-15(20)18-13-7-11-19-10-5-6-14(13)19/h13-14,17H,2-12H2,1H3,(H,18,20). The highest BCUT2D eigenvalue weighted by atomic mass is 16.1. The molecule has 2 atom stereocenters. The fourth-order valence-electron chi connectivity index (χ4n) is 4.56. The summed E-state index contributed by atoms with van der Waals surface area (Å²) in [5.74, 6) is 0.264. The van der Waals surface area contributed by atoms with Crippen molar-refractivity contribution in [3.8, 4) is 0 Å². The summed E-state index contributed by atoms with van der Waals surface area (Å²) >= 11 is 0. The van der Waals surface area contributed by atoms with Crippen molar-refractivity contribution >= 4 is 5.91 Å². The number of fused-ring (bicyclic) bond motifs is 1. The van der Waals surface area contributed by atoms with Crippen LogP contribution in [0.4, 0.5) is 0 Å². The van der Waals surface area contributed by atoms with Crippen LogP contribution < -0.4 is 10.6 Å². The summed E-state index contributed by atoms with van der Waals surface area (Å²) < 4.78 is 0. The predicted octanol–water partition coefficient (Wildman–Crippen LogP) is 1.65. The molecule has 2 saturated heterocycles. The van der Waals surface area contributed by atoms with E-state index in [2.05, 4.69) is 15.5 Å². The molecule has 1 saturated carbocycles. The first-order valence-electron chi connectivity index (χ1n) is 8.45. The molecule has 0 aromatic heterocycles. The second kappa shape index (κ2) is 6.02. The molecule has 114 valence electrons. The van der Waals surface area contributed by atoms with E-state index < -0.39 is 0 Å². The zero-order valence-electron chi connectivity index (χ0n) is 12.8. The predicted molar refractivity (Wildman–Crippen MR) is 80.6 cm³/mol. The van der Waals surface area contributed by atoms with Crippen molar-refractivity contribution in [1.29, 1.82) is 0 Å². The summed E-state index contributed by atoms with van der Waals surface area (Å²) in [6, 6.07) is 1.03. The van der Waals surface area contributed by atoms with Gasteiger partial charge in [-0.15, -0.1) is 0 Å². The molecule has 1 amide bonds. The van der Waals surface area contributed by atoms with Crippen molar-refractivity contribution in [1.82, 2.24) is 15.5 Å². The van der Waals surface area contributed by atoms with Crippen LogP contribution in [-0.2, 0) is 4.79 Å². The van der Waals surface area contributed by atoms with Gasteiger partial charge in [0.2, 0.25) is 5.91 Å². The Kier molecular flexibility index (Phi) is 4.32. The van der Waals surface area contributed by atoms with Gasteiger partial charge in [0.15, 0.2) is 0 Å². The van der Waals surface area contributed by atoms with Crippen LogP contribution >= 0.6 is 0 Å². The largest absolute Gasteiger partial charge is 0.352 e. The highest BCUT2D eigenvalue weighted by Crippen LogP contribution is 2.32. The molecule has 20 heavy (non-hydrogen) atoms. The molecule has 3 rings (SSSR count). The van der Waals surface area contributed by atoms with Crippen LogP contribution in [0.2, 0.25) is 0 Å². The van der Waals surface area contributed by atoms with Gasteiger partial charge < -0.3 is 10.6 Å². The number of hydrogen-bond acceptors (Lipinski definition) is 3. The lowest BCUT2D eigenvalue weighted by molar-refractivity contribution is -0.123. The Bertz CT molecular complexity index is 352. The number of carbonyl (C=O) groups is 1. The van der Waals surface area contributed by atoms with Gasteiger partial charge in [-0.2, -0.15) is 0 Å². The Hall–Kier alpha value is -0.610. The molecule has 0 bridgehead atoms. The van der Waals surface area contributed by atoms with E-state index in [1.165, 1.54) is 45.2 Å². The average molecular weight is 279 g/mol. The molecule has 3 fully saturated rings. The van der Waals surface area contributed by atoms with E-state index in [1.807, 2.05) is 7.05 Å².